The van der Waals surface area contributed by atoms with Crippen molar-refractivity contribution in [3.05, 3.63) is 42.2 Å². The van der Waals surface area contributed by atoms with Gasteiger partial charge in [0.1, 0.15) is 5.75 Å². The molecule has 1 aromatic heterocycles. The Morgan fingerprint density at radius 1 is 0.879 bits per heavy atom. The van der Waals surface area contributed by atoms with Gasteiger partial charge in [-0.2, -0.15) is 0 Å². The first-order chi connectivity index (χ1) is 16.2. The standard InChI is InChI=1S/C29H42N2O2/c1-2-3-4-5-9-16-25-22-30-29(31-23-25)26-18-20-27(21-19-26)33-28(32)17-10-7-6-8-13-24-14-11-12-15-24/h18-24H,2-17H2,1H3. The van der Waals surface area contributed by atoms with Crippen LogP contribution in [0.3, 0.4) is 0 Å². The Bertz CT molecular complexity index is 795. The van der Waals surface area contributed by atoms with Crippen LogP contribution < -0.4 is 4.74 Å². The van der Waals surface area contributed by atoms with Crippen molar-refractivity contribution in [3.63, 3.8) is 0 Å². The smallest absolute Gasteiger partial charge is 0.311 e. The highest BCUT2D eigenvalue weighted by atomic mass is 16.5. The predicted octanol–water partition coefficient (Wildman–Crippen LogP) is 8.09. The highest BCUT2D eigenvalue weighted by Gasteiger charge is 2.14. The first kappa shape index (κ1) is 25.4. The van der Waals surface area contributed by atoms with E-state index in [2.05, 4.69) is 16.9 Å². The topological polar surface area (TPSA) is 52.1 Å². The third-order valence-electron chi connectivity index (χ3n) is 6.84. The molecular formula is C29H42N2O2. The molecule has 1 fully saturated rings. The zero-order chi connectivity index (χ0) is 23.1. The van der Waals surface area contributed by atoms with Crippen LogP contribution in [0.1, 0.15) is 109 Å². The number of rotatable bonds is 15. The molecule has 1 aliphatic rings. The Labute approximate surface area is 200 Å². The van der Waals surface area contributed by atoms with Crippen LogP contribution in [0.5, 0.6) is 5.75 Å². The van der Waals surface area contributed by atoms with Crippen molar-refractivity contribution in [2.45, 2.75) is 110 Å². The molecule has 33 heavy (non-hydrogen) atoms. The van der Waals surface area contributed by atoms with Crippen LogP contribution in [0.15, 0.2) is 36.7 Å². The summed E-state index contributed by atoms with van der Waals surface area (Å²) < 4.78 is 5.50. The molecule has 3 rings (SSSR count). The summed E-state index contributed by atoms with van der Waals surface area (Å²) in [6.45, 7) is 2.24. The molecule has 0 N–H and O–H groups in total. The zero-order valence-corrected chi connectivity index (χ0v) is 20.6. The van der Waals surface area contributed by atoms with Crippen molar-refractivity contribution in [2.24, 2.45) is 5.92 Å². The highest BCUT2D eigenvalue weighted by Crippen LogP contribution is 2.29. The summed E-state index contributed by atoms with van der Waals surface area (Å²) >= 11 is 0. The third-order valence-corrected chi connectivity index (χ3v) is 6.84. The number of nitrogens with zero attached hydrogens (tertiary/aromatic N) is 2. The van der Waals surface area contributed by atoms with E-state index < -0.39 is 0 Å². The minimum absolute atomic E-state index is 0.141. The van der Waals surface area contributed by atoms with Gasteiger partial charge in [-0.1, -0.05) is 84.0 Å². The summed E-state index contributed by atoms with van der Waals surface area (Å²) in [5.41, 5.74) is 2.13. The lowest BCUT2D eigenvalue weighted by molar-refractivity contribution is -0.134. The van der Waals surface area contributed by atoms with E-state index in [9.17, 15) is 4.79 Å². The van der Waals surface area contributed by atoms with Gasteiger partial charge < -0.3 is 4.74 Å². The van der Waals surface area contributed by atoms with Gasteiger partial charge in [-0.3, -0.25) is 4.79 Å². The molecule has 0 bridgehead atoms. The predicted molar refractivity (Wildman–Crippen MR) is 135 cm³/mol. The summed E-state index contributed by atoms with van der Waals surface area (Å²) in [4.78, 5) is 21.2. The van der Waals surface area contributed by atoms with Crippen molar-refractivity contribution in [3.8, 4) is 17.1 Å². The number of hydrogen-bond acceptors (Lipinski definition) is 4. The Kier molecular flexibility index (Phi) is 11.4. The highest BCUT2D eigenvalue weighted by molar-refractivity contribution is 5.72. The number of ether oxygens (including phenoxy) is 1. The molecule has 0 atom stereocenters. The average Bonchev–Trinajstić information content (AvgIpc) is 3.36. The summed E-state index contributed by atoms with van der Waals surface area (Å²) in [5.74, 6) is 2.13. The van der Waals surface area contributed by atoms with E-state index in [0.717, 1.165) is 30.7 Å². The maximum absolute atomic E-state index is 12.1. The van der Waals surface area contributed by atoms with Gasteiger partial charge in [0.2, 0.25) is 0 Å². The van der Waals surface area contributed by atoms with Crippen molar-refractivity contribution in [1.82, 2.24) is 9.97 Å². The summed E-state index contributed by atoms with van der Waals surface area (Å²) in [6, 6.07) is 7.51. The van der Waals surface area contributed by atoms with E-state index in [1.54, 1.807) is 0 Å². The van der Waals surface area contributed by atoms with Crippen LogP contribution in [0.25, 0.3) is 11.4 Å². The van der Waals surface area contributed by atoms with Crippen molar-refractivity contribution in [2.75, 3.05) is 0 Å². The quantitative estimate of drug-likeness (QED) is 0.156. The molecule has 1 aromatic carbocycles. The molecule has 4 heteroatoms. The van der Waals surface area contributed by atoms with Crippen LogP contribution in [0.2, 0.25) is 0 Å². The van der Waals surface area contributed by atoms with Gasteiger partial charge in [0.05, 0.1) is 0 Å². The van der Waals surface area contributed by atoms with Crippen molar-refractivity contribution >= 4 is 5.97 Å². The minimum Gasteiger partial charge on any atom is -0.427 e. The number of unbranched alkanes of at least 4 members (excludes halogenated alkanes) is 7. The van der Waals surface area contributed by atoms with Crippen LogP contribution >= 0.6 is 0 Å². The number of carbonyl (C=O) groups excluding carboxylic acids is 1. The van der Waals surface area contributed by atoms with Crippen molar-refractivity contribution < 1.29 is 9.53 Å². The van der Waals surface area contributed by atoms with Crippen LogP contribution in [0.4, 0.5) is 0 Å². The Morgan fingerprint density at radius 2 is 1.55 bits per heavy atom. The largest absolute Gasteiger partial charge is 0.427 e. The fourth-order valence-electron chi connectivity index (χ4n) is 4.78. The fourth-order valence-corrected chi connectivity index (χ4v) is 4.78. The fraction of sp³-hybridized carbons (Fsp3) is 0.621. The monoisotopic (exact) mass is 450 g/mol. The molecule has 1 saturated carbocycles. The summed E-state index contributed by atoms with van der Waals surface area (Å²) in [6.07, 6.45) is 23.5. The van der Waals surface area contributed by atoms with Gasteiger partial charge in [0.15, 0.2) is 5.82 Å². The second-order valence-electron chi connectivity index (χ2n) is 9.68. The Balaban J connectivity index is 1.32. The summed E-state index contributed by atoms with van der Waals surface area (Å²) in [5, 5.41) is 0. The molecule has 1 heterocycles. The van der Waals surface area contributed by atoms with E-state index in [4.69, 9.17) is 4.74 Å². The number of carbonyl (C=O) groups is 1. The van der Waals surface area contributed by atoms with Gasteiger partial charge in [-0.05, 0) is 55.0 Å². The van der Waals surface area contributed by atoms with Gasteiger partial charge in [-0.25, -0.2) is 9.97 Å². The van der Waals surface area contributed by atoms with Crippen LogP contribution in [0, 0.1) is 5.92 Å². The molecule has 0 unspecified atom stereocenters. The third kappa shape index (κ3) is 9.65. The first-order valence-electron chi connectivity index (χ1n) is 13.4. The van der Waals surface area contributed by atoms with Gasteiger partial charge in [0, 0.05) is 24.4 Å². The maximum Gasteiger partial charge on any atom is 0.311 e. The SMILES string of the molecule is CCCCCCCc1cnc(-c2ccc(OC(=O)CCCCCCC3CCCC3)cc2)nc1. The molecule has 1 aliphatic carbocycles. The van der Waals surface area contributed by atoms with Gasteiger partial charge in [-0.15, -0.1) is 0 Å². The lowest BCUT2D eigenvalue weighted by Gasteiger charge is -2.08. The zero-order valence-electron chi connectivity index (χ0n) is 20.6. The number of aromatic nitrogens is 2. The van der Waals surface area contributed by atoms with Gasteiger partial charge in [0.25, 0.3) is 0 Å². The second kappa shape index (κ2) is 14.8. The first-order valence-corrected chi connectivity index (χ1v) is 13.4. The van der Waals surface area contributed by atoms with Crippen molar-refractivity contribution in [1.29, 1.82) is 0 Å². The number of esters is 1. The van der Waals surface area contributed by atoms with E-state index in [1.165, 1.54) is 82.6 Å². The molecule has 0 radical (unpaired) electrons. The van der Waals surface area contributed by atoms with Crippen LogP contribution in [-0.4, -0.2) is 15.9 Å². The Hall–Kier alpha value is -2.23. The molecule has 0 aliphatic heterocycles. The normalized spacial score (nSPS) is 14.0. The molecule has 180 valence electrons. The number of hydrogen-bond donors (Lipinski definition) is 0. The lowest BCUT2D eigenvalue weighted by Crippen LogP contribution is -2.07. The minimum atomic E-state index is -0.141. The molecular weight excluding hydrogens is 408 g/mol. The summed E-state index contributed by atoms with van der Waals surface area (Å²) in [7, 11) is 0. The number of aryl methyl sites for hydroxylation is 1. The second-order valence-corrected chi connectivity index (χ2v) is 9.68. The average molecular weight is 451 g/mol. The molecule has 4 nitrogen and oxygen atoms in total. The molecule has 2 aromatic rings. The van der Waals surface area contributed by atoms with Crippen LogP contribution in [-0.2, 0) is 11.2 Å². The van der Waals surface area contributed by atoms with E-state index in [0.29, 0.717) is 18.0 Å². The maximum atomic E-state index is 12.1. The van der Waals surface area contributed by atoms with E-state index >= 15 is 0 Å². The molecule has 0 spiro atoms. The molecule has 0 saturated heterocycles. The Morgan fingerprint density at radius 3 is 2.27 bits per heavy atom. The number of benzene rings is 1. The van der Waals surface area contributed by atoms with E-state index in [1.807, 2.05) is 36.7 Å². The van der Waals surface area contributed by atoms with E-state index in [-0.39, 0.29) is 5.97 Å². The van der Waals surface area contributed by atoms with Gasteiger partial charge >= 0.3 is 5.97 Å². The lowest BCUT2D eigenvalue weighted by atomic mass is 9.99. The molecule has 0 amide bonds.